The lowest BCUT2D eigenvalue weighted by Crippen LogP contribution is -2.43. The summed E-state index contributed by atoms with van der Waals surface area (Å²) in [6.45, 7) is 2.08. The van der Waals surface area contributed by atoms with Crippen molar-refractivity contribution in [3.8, 4) is 5.75 Å². The van der Waals surface area contributed by atoms with Crippen molar-refractivity contribution in [1.29, 1.82) is 0 Å². The number of carbonyl (C=O) groups is 2. The van der Waals surface area contributed by atoms with Gasteiger partial charge in [0.15, 0.2) is 0 Å². The van der Waals surface area contributed by atoms with Crippen LogP contribution in [0.2, 0.25) is 0 Å². The van der Waals surface area contributed by atoms with Gasteiger partial charge in [0.25, 0.3) is 0 Å². The molecule has 30 heavy (non-hydrogen) atoms. The van der Waals surface area contributed by atoms with Gasteiger partial charge < -0.3 is 19.4 Å². The van der Waals surface area contributed by atoms with Crippen LogP contribution >= 0.6 is 0 Å². The lowest BCUT2D eigenvalue weighted by atomic mass is 10.2. The van der Waals surface area contributed by atoms with E-state index in [1.807, 2.05) is 0 Å². The molecule has 1 aliphatic rings. The van der Waals surface area contributed by atoms with Gasteiger partial charge in [-0.1, -0.05) is 6.07 Å². The smallest absolute Gasteiger partial charge is 0.354 e. The van der Waals surface area contributed by atoms with Crippen molar-refractivity contribution in [2.75, 3.05) is 25.6 Å². The Kier molecular flexibility index (Phi) is 6.47. The number of benzene rings is 1. The molecule has 0 saturated carbocycles. The maximum absolute atomic E-state index is 13.2. The van der Waals surface area contributed by atoms with Crippen molar-refractivity contribution in [1.82, 2.24) is 8.87 Å². The van der Waals surface area contributed by atoms with Crippen LogP contribution in [0.5, 0.6) is 5.75 Å². The molecule has 1 aliphatic heterocycles. The van der Waals surface area contributed by atoms with Crippen LogP contribution in [-0.2, 0) is 26.6 Å². The zero-order valence-corrected chi connectivity index (χ0v) is 17.9. The van der Waals surface area contributed by atoms with E-state index in [4.69, 9.17) is 9.47 Å². The highest BCUT2D eigenvalue weighted by Gasteiger charge is 2.40. The van der Waals surface area contributed by atoms with Crippen LogP contribution in [0.15, 0.2) is 41.4 Å². The molecular formula is C20H25N3O6S. The number of aryl methyl sites for hydroxylation is 1. The Morgan fingerprint density at radius 1 is 1.27 bits per heavy atom. The van der Waals surface area contributed by atoms with Crippen LogP contribution in [0.4, 0.5) is 5.69 Å². The second-order valence-electron chi connectivity index (χ2n) is 6.89. The number of hydrogen-bond donors (Lipinski definition) is 1. The third-order valence-corrected chi connectivity index (χ3v) is 6.79. The summed E-state index contributed by atoms with van der Waals surface area (Å²) in [5, 5.41) is 2.76. The SMILES string of the molecule is CCOC(=O)c1cc(S(=O)(=O)N2CCC[C@H]2C(=O)Nc2cccc(OC)c2)cn1C. The largest absolute Gasteiger partial charge is 0.497 e. The number of ether oxygens (including phenoxy) is 2. The van der Waals surface area contributed by atoms with Gasteiger partial charge in [0, 0.05) is 31.5 Å². The Labute approximate surface area is 175 Å². The van der Waals surface area contributed by atoms with Crippen molar-refractivity contribution < 1.29 is 27.5 Å². The standard InChI is InChI=1S/C20H25N3O6S/c1-4-29-20(25)18-12-16(13-22(18)2)30(26,27)23-10-6-9-17(23)19(24)21-14-7-5-8-15(11-14)28-3/h5,7-8,11-13,17H,4,6,9-10H2,1-3H3,(H,21,24)/t17-/m0/s1. The second-order valence-corrected chi connectivity index (χ2v) is 8.78. The van der Waals surface area contributed by atoms with Gasteiger partial charge in [0.2, 0.25) is 15.9 Å². The molecule has 1 saturated heterocycles. The minimum absolute atomic E-state index is 0.0471. The quantitative estimate of drug-likeness (QED) is 0.667. The first kappa shape index (κ1) is 21.8. The first-order valence-corrected chi connectivity index (χ1v) is 11.0. The number of rotatable bonds is 7. The Morgan fingerprint density at radius 2 is 2.03 bits per heavy atom. The highest BCUT2D eigenvalue weighted by Crippen LogP contribution is 2.28. The molecule has 0 radical (unpaired) electrons. The van der Waals surface area contributed by atoms with Gasteiger partial charge in [-0.3, -0.25) is 4.79 Å². The summed E-state index contributed by atoms with van der Waals surface area (Å²) in [5.74, 6) is -0.430. The molecule has 1 aromatic heterocycles. The van der Waals surface area contributed by atoms with E-state index in [0.717, 1.165) is 0 Å². The monoisotopic (exact) mass is 435 g/mol. The van der Waals surface area contributed by atoms with E-state index < -0.39 is 27.9 Å². The maximum Gasteiger partial charge on any atom is 0.354 e. The molecule has 162 valence electrons. The number of sulfonamides is 1. The number of aromatic nitrogens is 1. The topological polar surface area (TPSA) is 107 Å². The van der Waals surface area contributed by atoms with Gasteiger partial charge in [0.05, 0.1) is 13.7 Å². The van der Waals surface area contributed by atoms with Gasteiger partial charge in [-0.15, -0.1) is 0 Å². The molecule has 1 atom stereocenters. The van der Waals surface area contributed by atoms with Gasteiger partial charge in [0.1, 0.15) is 22.4 Å². The third kappa shape index (κ3) is 4.34. The van der Waals surface area contributed by atoms with Crippen molar-refractivity contribution in [3.63, 3.8) is 0 Å². The molecule has 1 N–H and O–H groups in total. The molecule has 0 aliphatic carbocycles. The highest BCUT2D eigenvalue weighted by atomic mass is 32.2. The Morgan fingerprint density at radius 3 is 2.73 bits per heavy atom. The van der Waals surface area contributed by atoms with E-state index >= 15 is 0 Å². The van der Waals surface area contributed by atoms with Crippen LogP contribution in [0.1, 0.15) is 30.3 Å². The van der Waals surface area contributed by atoms with Crippen molar-refractivity contribution >= 4 is 27.6 Å². The van der Waals surface area contributed by atoms with E-state index in [1.165, 1.54) is 28.2 Å². The Balaban J connectivity index is 1.82. The molecule has 2 aromatic rings. The Bertz CT molecular complexity index is 1050. The fourth-order valence-electron chi connectivity index (χ4n) is 3.43. The van der Waals surface area contributed by atoms with Crippen molar-refractivity contribution in [2.45, 2.75) is 30.7 Å². The predicted molar refractivity (Wildman–Crippen MR) is 110 cm³/mol. The number of hydrogen-bond acceptors (Lipinski definition) is 6. The summed E-state index contributed by atoms with van der Waals surface area (Å²) in [5.41, 5.74) is 0.653. The molecule has 2 heterocycles. The van der Waals surface area contributed by atoms with Crippen LogP contribution in [0.25, 0.3) is 0 Å². The molecule has 9 nitrogen and oxygen atoms in total. The molecular weight excluding hydrogens is 410 g/mol. The summed E-state index contributed by atoms with van der Waals surface area (Å²) in [7, 11) is -0.873. The zero-order valence-electron chi connectivity index (χ0n) is 17.1. The van der Waals surface area contributed by atoms with Gasteiger partial charge >= 0.3 is 5.97 Å². The van der Waals surface area contributed by atoms with E-state index in [0.29, 0.717) is 24.3 Å². The highest BCUT2D eigenvalue weighted by molar-refractivity contribution is 7.89. The molecule has 10 heteroatoms. The van der Waals surface area contributed by atoms with Gasteiger partial charge in [-0.2, -0.15) is 4.31 Å². The third-order valence-electron chi connectivity index (χ3n) is 4.91. The van der Waals surface area contributed by atoms with E-state index in [-0.39, 0.29) is 23.7 Å². The second kappa shape index (κ2) is 8.88. The molecule has 1 amide bonds. The average Bonchev–Trinajstić information content (AvgIpc) is 3.36. The normalized spacial score (nSPS) is 17.0. The van der Waals surface area contributed by atoms with E-state index in [2.05, 4.69) is 5.32 Å². The minimum atomic E-state index is -3.97. The minimum Gasteiger partial charge on any atom is -0.497 e. The summed E-state index contributed by atoms with van der Waals surface area (Å²) in [6, 6.07) is 7.29. The van der Waals surface area contributed by atoms with Crippen LogP contribution in [0.3, 0.4) is 0 Å². The van der Waals surface area contributed by atoms with E-state index in [9.17, 15) is 18.0 Å². The summed E-state index contributed by atoms with van der Waals surface area (Å²) in [6.07, 6.45) is 2.33. The number of amides is 1. The van der Waals surface area contributed by atoms with Gasteiger partial charge in [-0.25, -0.2) is 13.2 Å². The molecule has 0 unspecified atom stereocenters. The van der Waals surface area contributed by atoms with Crippen LogP contribution < -0.4 is 10.1 Å². The fraction of sp³-hybridized carbons (Fsp3) is 0.400. The summed E-state index contributed by atoms with van der Waals surface area (Å²) in [4.78, 5) is 24.8. The number of carbonyl (C=O) groups excluding carboxylic acids is 2. The lowest BCUT2D eigenvalue weighted by molar-refractivity contribution is -0.119. The Hall–Kier alpha value is -2.85. The number of nitrogens with zero attached hydrogens (tertiary/aromatic N) is 2. The molecule has 0 spiro atoms. The molecule has 1 fully saturated rings. The van der Waals surface area contributed by atoms with Crippen molar-refractivity contribution in [3.05, 3.63) is 42.2 Å². The van der Waals surface area contributed by atoms with E-state index in [1.54, 1.807) is 38.2 Å². The maximum atomic E-state index is 13.2. The predicted octanol–water partition coefficient (Wildman–Crippen LogP) is 2.00. The molecule has 1 aromatic carbocycles. The lowest BCUT2D eigenvalue weighted by Gasteiger charge is -2.23. The van der Waals surface area contributed by atoms with Crippen molar-refractivity contribution in [2.24, 2.45) is 7.05 Å². The number of methoxy groups -OCH3 is 1. The van der Waals surface area contributed by atoms with Crippen LogP contribution in [0, 0.1) is 0 Å². The fourth-order valence-corrected chi connectivity index (χ4v) is 5.16. The van der Waals surface area contributed by atoms with Crippen LogP contribution in [-0.4, -0.2) is 55.5 Å². The number of anilines is 1. The first-order chi connectivity index (χ1) is 14.3. The number of nitrogens with one attached hydrogen (secondary N) is 1. The average molecular weight is 436 g/mol. The zero-order chi connectivity index (χ0) is 21.9. The molecule has 0 bridgehead atoms. The summed E-state index contributed by atoms with van der Waals surface area (Å²) >= 11 is 0. The van der Waals surface area contributed by atoms with Gasteiger partial charge in [-0.05, 0) is 38.0 Å². The molecule has 3 rings (SSSR count). The summed E-state index contributed by atoms with van der Waals surface area (Å²) < 4.78 is 39.1. The first-order valence-electron chi connectivity index (χ1n) is 9.58. The number of esters is 1.